The van der Waals surface area contributed by atoms with Gasteiger partial charge in [0.05, 0.1) is 16.6 Å². The van der Waals surface area contributed by atoms with E-state index in [9.17, 15) is 9.18 Å². The lowest BCUT2D eigenvalue weighted by Gasteiger charge is -2.34. The standard InChI is InChI=1S/C20H21FN4O/c1-20(10-3-11-23-12-20)13-6-8-14(9-7-13)25-18(21)15-4-2-5-16(19(22)26)17(15)24-25/h2,4-9,23H,3,10-12H2,1H3,(H2,22,26)/t20-/m0/s1. The van der Waals surface area contributed by atoms with Gasteiger partial charge in [-0.1, -0.05) is 25.1 Å². The highest BCUT2D eigenvalue weighted by Crippen LogP contribution is 2.31. The van der Waals surface area contributed by atoms with Gasteiger partial charge in [-0.3, -0.25) is 4.79 Å². The van der Waals surface area contributed by atoms with E-state index in [1.54, 1.807) is 18.2 Å². The number of aromatic nitrogens is 2. The quantitative estimate of drug-likeness (QED) is 0.761. The van der Waals surface area contributed by atoms with E-state index in [1.807, 2.05) is 24.3 Å². The molecule has 2 aromatic carbocycles. The maximum absolute atomic E-state index is 14.8. The lowest BCUT2D eigenvalue weighted by Crippen LogP contribution is -2.41. The van der Waals surface area contributed by atoms with Gasteiger partial charge in [0.15, 0.2) is 0 Å². The molecule has 2 heterocycles. The number of benzene rings is 2. The first-order valence-electron chi connectivity index (χ1n) is 8.78. The van der Waals surface area contributed by atoms with Gasteiger partial charge in [-0.05, 0) is 49.2 Å². The monoisotopic (exact) mass is 352 g/mol. The fraction of sp³-hybridized carbons (Fsp3) is 0.300. The number of nitrogens with one attached hydrogen (secondary N) is 1. The summed E-state index contributed by atoms with van der Waals surface area (Å²) in [7, 11) is 0. The van der Waals surface area contributed by atoms with Gasteiger partial charge in [0.25, 0.3) is 5.91 Å². The molecule has 1 fully saturated rings. The van der Waals surface area contributed by atoms with Crippen molar-refractivity contribution in [2.75, 3.05) is 13.1 Å². The molecule has 0 aliphatic carbocycles. The van der Waals surface area contributed by atoms with Crippen LogP contribution in [0.15, 0.2) is 42.5 Å². The largest absolute Gasteiger partial charge is 0.366 e. The van der Waals surface area contributed by atoms with Crippen LogP contribution in [0, 0.1) is 5.95 Å². The predicted molar refractivity (Wildman–Crippen MR) is 99.0 cm³/mol. The van der Waals surface area contributed by atoms with Crippen LogP contribution >= 0.6 is 0 Å². The smallest absolute Gasteiger partial charge is 0.250 e. The van der Waals surface area contributed by atoms with Crippen LogP contribution in [0.2, 0.25) is 0 Å². The number of nitrogens with zero attached hydrogens (tertiary/aromatic N) is 2. The van der Waals surface area contributed by atoms with Crippen molar-refractivity contribution < 1.29 is 9.18 Å². The van der Waals surface area contributed by atoms with Crippen molar-refractivity contribution in [1.82, 2.24) is 15.1 Å². The van der Waals surface area contributed by atoms with Gasteiger partial charge >= 0.3 is 0 Å². The highest BCUT2D eigenvalue weighted by atomic mass is 19.1. The Morgan fingerprint density at radius 1 is 1.27 bits per heavy atom. The van der Waals surface area contributed by atoms with E-state index in [2.05, 4.69) is 17.3 Å². The number of hydrogen-bond donors (Lipinski definition) is 2. The Hall–Kier alpha value is -2.73. The molecule has 26 heavy (non-hydrogen) atoms. The highest BCUT2D eigenvalue weighted by Gasteiger charge is 2.28. The van der Waals surface area contributed by atoms with Crippen molar-refractivity contribution in [3.8, 4) is 5.69 Å². The molecule has 1 saturated heterocycles. The Balaban J connectivity index is 1.75. The number of rotatable bonds is 3. The third kappa shape index (κ3) is 2.66. The molecule has 3 aromatic rings. The first kappa shape index (κ1) is 16.7. The second-order valence-electron chi connectivity index (χ2n) is 7.16. The van der Waals surface area contributed by atoms with Gasteiger partial charge in [-0.15, -0.1) is 0 Å². The molecule has 4 rings (SSSR count). The number of hydrogen-bond acceptors (Lipinski definition) is 3. The normalized spacial score (nSPS) is 20.4. The van der Waals surface area contributed by atoms with Crippen molar-refractivity contribution in [1.29, 1.82) is 0 Å². The van der Waals surface area contributed by atoms with Crippen LogP contribution in [0.1, 0.15) is 35.7 Å². The molecule has 0 radical (unpaired) electrons. The van der Waals surface area contributed by atoms with E-state index in [0.29, 0.717) is 5.69 Å². The Morgan fingerprint density at radius 3 is 2.69 bits per heavy atom. The van der Waals surface area contributed by atoms with E-state index < -0.39 is 11.9 Å². The molecular formula is C20H21FN4O. The van der Waals surface area contributed by atoms with Gasteiger partial charge in [-0.2, -0.15) is 9.49 Å². The number of primary amides is 1. The Labute approximate surface area is 151 Å². The Kier molecular flexibility index (Phi) is 4.00. The topological polar surface area (TPSA) is 72.9 Å². The number of nitrogens with two attached hydrogens (primary N) is 1. The SMILES string of the molecule is C[C@]1(c2ccc(-n3nc4c(C(N)=O)cccc4c3F)cc2)CCCNC1. The molecule has 134 valence electrons. The van der Waals surface area contributed by atoms with E-state index in [0.717, 1.165) is 25.9 Å². The number of carbonyl (C=O) groups is 1. The van der Waals surface area contributed by atoms with Crippen molar-refractivity contribution in [2.45, 2.75) is 25.2 Å². The Morgan fingerprint density at radius 2 is 2.04 bits per heavy atom. The zero-order valence-electron chi connectivity index (χ0n) is 14.6. The summed E-state index contributed by atoms with van der Waals surface area (Å²) in [6.07, 6.45) is 2.27. The molecule has 1 aliphatic rings. The van der Waals surface area contributed by atoms with Crippen LogP contribution in [0.4, 0.5) is 4.39 Å². The van der Waals surface area contributed by atoms with Gasteiger partial charge in [0.1, 0.15) is 5.52 Å². The average molecular weight is 352 g/mol. The summed E-state index contributed by atoms with van der Waals surface area (Å²) in [5.41, 5.74) is 7.81. The number of piperidine rings is 1. The minimum absolute atomic E-state index is 0.0866. The first-order chi connectivity index (χ1) is 12.5. The molecule has 1 aromatic heterocycles. The van der Waals surface area contributed by atoms with Crippen LogP contribution in [-0.4, -0.2) is 28.8 Å². The molecular weight excluding hydrogens is 331 g/mol. The molecule has 0 bridgehead atoms. The minimum Gasteiger partial charge on any atom is -0.366 e. The van der Waals surface area contributed by atoms with Crippen LogP contribution in [0.25, 0.3) is 16.6 Å². The highest BCUT2D eigenvalue weighted by molar-refractivity contribution is 6.04. The van der Waals surface area contributed by atoms with Crippen LogP contribution in [0.3, 0.4) is 0 Å². The average Bonchev–Trinajstić information content (AvgIpc) is 2.99. The van der Waals surface area contributed by atoms with E-state index in [-0.39, 0.29) is 21.9 Å². The van der Waals surface area contributed by atoms with E-state index >= 15 is 0 Å². The van der Waals surface area contributed by atoms with Crippen LogP contribution in [0.5, 0.6) is 0 Å². The summed E-state index contributed by atoms with van der Waals surface area (Å²) in [6, 6.07) is 12.6. The molecule has 0 spiro atoms. The summed E-state index contributed by atoms with van der Waals surface area (Å²) in [5.74, 6) is -1.12. The number of halogens is 1. The molecule has 6 heteroatoms. The summed E-state index contributed by atoms with van der Waals surface area (Å²) >= 11 is 0. The zero-order valence-corrected chi connectivity index (χ0v) is 14.6. The second kappa shape index (κ2) is 6.21. The summed E-state index contributed by atoms with van der Waals surface area (Å²) in [5, 5.41) is 8.02. The molecule has 0 unspecified atom stereocenters. The molecule has 1 aliphatic heterocycles. The third-order valence-corrected chi connectivity index (χ3v) is 5.32. The number of amides is 1. The summed E-state index contributed by atoms with van der Waals surface area (Å²) < 4.78 is 16.1. The van der Waals surface area contributed by atoms with Crippen LogP contribution < -0.4 is 11.1 Å². The summed E-state index contributed by atoms with van der Waals surface area (Å²) in [4.78, 5) is 11.6. The van der Waals surface area contributed by atoms with E-state index in [1.165, 1.54) is 10.2 Å². The molecule has 1 atom stereocenters. The molecule has 1 amide bonds. The van der Waals surface area contributed by atoms with Gasteiger partial charge < -0.3 is 11.1 Å². The maximum Gasteiger partial charge on any atom is 0.250 e. The predicted octanol–water partition coefficient (Wildman–Crippen LogP) is 2.90. The fourth-order valence-electron chi connectivity index (χ4n) is 3.75. The first-order valence-corrected chi connectivity index (χ1v) is 8.78. The van der Waals surface area contributed by atoms with Gasteiger partial charge in [0, 0.05) is 12.0 Å². The Bertz CT molecular complexity index is 971. The summed E-state index contributed by atoms with van der Waals surface area (Å²) in [6.45, 7) is 4.24. The zero-order chi connectivity index (χ0) is 18.3. The molecule has 0 saturated carbocycles. The van der Waals surface area contributed by atoms with Crippen molar-refractivity contribution >= 4 is 16.8 Å². The number of carbonyl (C=O) groups excluding carboxylic acids is 1. The lowest BCUT2D eigenvalue weighted by molar-refractivity contribution is 0.100. The van der Waals surface area contributed by atoms with E-state index in [4.69, 9.17) is 5.73 Å². The van der Waals surface area contributed by atoms with Crippen LogP contribution in [-0.2, 0) is 5.41 Å². The molecule has 3 N–H and O–H groups in total. The van der Waals surface area contributed by atoms with Gasteiger partial charge in [-0.25, -0.2) is 4.68 Å². The number of fused-ring (bicyclic) bond motifs is 1. The van der Waals surface area contributed by atoms with Crippen molar-refractivity contribution in [3.05, 3.63) is 59.5 Å². The second-order valence-corrected chi connectivity index (χ2v) is 7.16. The third-order valence-electron chi connectivity index (χ3n) is 5.32. The maximum atomic E-state index is 14.8. The molecule has 5 nitrogen and oxygen atoms in total. The van der Waals surface area contributed by atoms with Gasteiger partial charge in [0.2, 0.25) is 5.95 Å². The fourth-order valence-corrected chi connectivity index (χ4v) is 3.75. The van der Waals surface area contributed by atoms with Crippen molar-refractivity contribution in [2.24, 2.45) is 5.73 Å². The minimum atomic E-state index is -0.617. The van der Waals surface area contributed by atoms with Crippen molar-refractivity contribution in [3.63, 3.8) is 0 Å². The lowest BCUT2D eigenvalue weighted by atomic mass is 9.76.